The normalized spacial score (nSPS) is 20.6. The molecule has 61 valence electrons. The molecule has 0 saturated carbocycles. The maximum atomic E-state index is 3.36. The van der Waals surface area contributed by atoms with E-state index in [0.29, 0.717) is 5.25 Å². The molecule has 1 radical (unpaired) electrons. The van der Waals surface area contributed by atoms with Crippen molar-refractivity contribution >= 4 is 11.8 Å². The van der Waals surface area contributed by atoms with Crippen LogP contribution in [0.1, 0.15) is 16.4 Å². The molecule has 0 N–H and O–H groups in total. The Labute approximate surface area is 77.7 Å². The Hall–Kier alpha value is -0.690. The Balaban J connectivity index is 2.43. The minimum atomic E-state index is 0.454. The molecule has 0 fully saturated rings. The Kier molecular flexibility index (Phi) is 2.22. The third kappa shape index (κ3) is 1.29. The van der Waals surface area contributed by atoms with Gasteiger partial charge in [0, 0.05) is 0 Å². The molecule has 1 aromatic rings. The van der Waals surface area contributed by atoms with E-state index in [-0.39, 0.29) is 0 Å². The summed E-state index contributed by atoms with van der Waals surface area (Å²) in [5.41, 5.74) is 2.89. The van der Waals surface area contributed by atoms with Gasteiger partial charge in [0.2, 0.25) is 0 Å². The molecule has 0 amide bonds. The molecule has 1 aromatic carbocycles. The van der Waals surface area contributed by atoms with E-state index < -0.39 is 0 Å². The number of hydrogen-bond acceptors (Lipinski definition) is 1. The fraction of sp³-hybridized carbons (Fsp3) is 0.273. The summed E-state index contributed by atoms with van der Waals surface area (Å²) in [6.07, 6.45) is 8.69. The van der Waals surface area contributed by atoms with Crippen LogP contribution < -0.4 is 0 Å². The summed E-state index contributed by atoms with van der Waals surface area (Å²) in [4.78, 5) is 0. The smallest absolute Gasteiger partial charge is 0.0546 e. The largest absolute Gasteiger partial charge is 0.152 e. The molecule has 1 unspecified atom stereocenters. The van der Waals surface area contributed by atoms with Gasteiger partial charge in [0.25, 0.3) is 0 Å². The van der Waals surface area contributed by atoms with E-state index >= 15 is 0 Å². The van der Waals surface area contributed by atoms with E-state index in [4.69, 9.17) is 0 Å². The zero-order valence-corrected chi connectivity index (χ0v) is 7.90. The molecule has 0 aromatic heterocycles. The summed E-state index contributed by atoms with van der Waals surface area (Å²) in [5, 5.41) is 0.454. The topological polar surface area (TPSA) is 0 Å². The maximum absolute atomic E-state index is 3.36. The first-order chi connectivity index (χ1) is 5.92. The quantitative estimate of drug-likeness (QED) is 0.632. The van der Waals surface area contributed by atoms with Crippen LogP contribution in [-0.2, 0) is 6.42 Å². The van der Waals surface area contributed by atoms with Crippen molar-refractivity contribution in [2.24, 2.45) is 0 Å². The van der Waals surface area contributed by atoms with Gasteiger partial charge in [-0.1, -0.05) is 30.3 Å². The van der Waals surface area contributed by atoms with Crippen molar-refractivity contribution in [1.29, 1.82) is 0 Å². The number of benzene rings is 1. The molecule has 0 bridgehead atoms. The molecule has 1 atom stereocenters. The van der Waals surface area contributed by atoms with Gasteiger partial charge in [0.05, 0.1) is 5.25 Å². The summed E-state index contributed by atoms with van der Waals surface area (Å²) in [6.45, 7) is 0. The standard InChI is InChI=1S/C11H11S/c1-12-11-8-4-6-9-5-2-3-7-10(9)11/h2-5,7,11H,6H2,1H3. The molecule has 0 aliphatic heterocycles. The van der Waals surface area contributed by atoms with Crippen LogP contribution in [-0.4, -0.2) is 6.26 Å². The lowest BCUT2D eigenvalue weighted by Crippen LogP contribution is -2.01. The van der Waals surface area contributed by atoms with Gasteiger partial charge in [-0.25, -0.2) is 0 Å². The van der Waals surface area contributed by atoms with E-state index in [9.17, 15) is 0 Å². The van der Waals surface area contributed by atoms with Gasteiger partial charge in [-0.05, 0) is 29.9 Å². The molecule has 1 heteroatoms. The average molecular weight is 175 g/mol. The first-order valence-electron chi connectivity index (χ1n) is 4.10. The molecular weight excluding hydrogens is 164 g/mol. The van der Waals surface area contributed by atoms with Crippen molar-refractivity contribution in [2.45, 2.75) is 11.7 Å². The van der Waals surface area contributed by atoms with Crippen molar-refractivity contribution in [1.82, 2.24) is 0 Å². The first kappa shape index (κ1) is 7.93. The second-order valence-electron chi connectivity index (χ2n) is 2.89. The summed E-state index contributed by atoms with van der Waals surface area (Å²) < 4.78 is 0. The van der Waals surface area contributed by atoms with Gasteiger partial charge in [0.15, 0.2) is 0 Å². The van der Waals surface area contributed by atoms with Crippen LogP contribution in [0.2, 0.25) is 0 Å². The van der Waals surface area contributed by atoms with Crippen molar-refractivity contribution < 1.29 is 0 Å². The zero-order chi connectivity index (χ0) is 8.39. The second kappa shape index (κ2) is 3.36. The van der Waals surface area contributed by atoms with Crippen LogP contribution in [0, 0.1) is 6.08 Å². The van der Waals surface area contributed by atoms with E-state index in [2.05, 4.69) is 42.7 Å². The van der Waals surface area contributed by atoms with E-state index in [1.54, 1.807) is 0 Å². The predicted molar refractivity (Wildman–Crippen MR) is 54.2 cm³/mol. The van der Waals surface area contributed by atoms with Crippen molar-refractivity contribution in [3.05, 3.63) is 47.5 Å². The summed E-state index contributed by atoms with van der Waals surface area (Å²) in [7, 11) is 0. The average Bonchev–Trinajstić information content (AvgIpc) is 2.17. The van der Waals surface area contributed by atoms with Gasteiger partial charge in [-0.2, -0.15) is 11.8 Å². The highest BCUT2D eigenvalue weighted by Gasteiger charge is 2.13. The molecule has 1 aliphatic carbocycles. The Morgan fingerprint density at radius 2 is 2.25 bits per heavy atom. The first-order valence-corrected chi connectivity index (χ1v) is 5.39. The summed E-state index contributed by atoms with van der Waals surface area (Å²) >= 11 is 1.85. The van der Waals surface area contributed by atoms with Gasteiger partial charge >= 0.3 is 0 Å². The number of fused-ring (bicyclic) bond motifs is 1. The zero-order valence-electron chi connectivity index (χ0n) is 7.08. The van der Waals surface area contributed by atoms with Crippen molar-refractivity contribution in [3.8, 4) is 0 Å². The number of hydrogen-bond donors (Lipinski definition) is 0. The molecule has 0 spiro atoms. The van der Waals surface area contributed by atoms with Crippen LogP contribution in [0.15, 0.2) is 30.3 Å². The fourth-order valence-electron chi connectivity index (χ4n) is 1.54. The molecule has 0 saturated heterocycles. The van der Waals surface area contributed by atoms with E-state index in [1.165, 1.54) is 11.1 Å². The third-order valence-corrected chi connectivity index (χ3v) is 3.03. The molecule has 0 nitrogen and oxygen atoms in total. The predicted octanol–water partition coefficient (Wildman–Crippen LogP) is 3.01. The number of allylic oxidation sites excluding steroid dienone is 1. The highest BCUT2D eigenvalue weighted by molar-refractivity contribution is 7.98. The lowest BCUT2D eigenvalue weighted by Gasteiger charge is -2.17. The van der Waals surface area contributed by atoms with Crippen LogP contribution in [0.25, 0.3) is 0 Å². The minimum absolute atomic E-state index is 0.454. The minimum Gasteiger partial charge on any atom is -0.152 e. The summed E-state index contributed by atoms with van der Waals surface area (Å²) in [5.74, 6) is 0. The second-order valence-corrected chi connectivity index (χ2v) is 3.83. The van der Waals surface area contributed by atoms with Crippen molar-refractivity contribution in [3.63, 3.8) is 0 Å². The van der Waals surface area contributed by atoms with E-state index in [1.807, 2.05) is 11.8 Å². The Morgan fingerprint density at radius 3 is 3.08 bits per heavy atom. The highest BCUT2D eigenvalue weighted by atomic mass is 32.2. The Morgan fingerprint density at radius 1 is 1.42 bits per heavy atom. The van der Waals surface area contributed by atoms with Gasteiger partial charge in [-0.3, -0.25) is 0 Å². The molecular formula is C11H11S. The van der Waals surface area contributed by atoms with Crippen LogP contribution >= 0.6 is 11.8 Å². The lowest BCUT2D eigenvalue weighted by molar-refractivity contribution is 1.05. The van der Waals surface area contributed by atoms with Crippen LogP contribution in [0.5, 0.6) is 0 Å². The molecule has 12 heavy (non-hydrogen) atoms. The van der Waals surface area contributed by atoms with Crippen LogP contribution in [0.4, 0.5) is 0 Å². The van der Waals surface area contributed by atoms with Crippen molar-refractivity contribution in [2.75, 3.05) is 6.26 Å². The maximum Gasteiger partial charge on any atom is 0.0546 e. The molecule has 0 heterocycles. The number of rotatable bonds is 1. The van der Waals surface area contributed by atoms with Crippen LogP contribution in [0.3, 0.4) is 0 Å². The monoisotopic (exact) mass is 175 g/mol. The number of thioether (sulfide) groups is 1. The Bertz CT molecular complexity index is 302. The third-order valence-electron chi connectivity index (χ3n) is 2.16. The highest BCUT2D eigenvalue weighted by Crippen LogP contribution is 2.33. The lowest BCUT2D eigenvalue weighted by atomic mass is 9.97. The summed E-state index contributed by atoms with van der Waals surface area (Å²) in [6, 6.07) is 8.62. The van der Waals surface area contributed by atoms with Gasteiger partial charge < -0.3 is 0 Å². The van der Waals surface area contributed by atoms with E-state index in [0.717, 1.165) is 6.42 Å². The molecule has 2 rings (SSSR count). The SMILES string of the molecule is CSC1[C]=CCc2ccccc21. The van der Waals surface area contributed by atoms with Gasteiger partial charge in [0.1, 0.15) is 0 Å². The fourth-order valence-corrected chi connectivity index (χ4v) is 2.25. The van der Waals surface area contributed by atoms with Gasteiger partial charge in [-0.15, -0.1) is 0 Å². The molecule has 1 aliphatic rings.